The van der Waals surface area contributed by atoms with Crippen molar-refractivity contribution in [3.05, 3.63) is 71.3 Å². The zero-order chi connectivity index (χ0) is 18.6. The number of halogens is 2. The van der Waals surface area contributed by atoms with Gasteiger partial charge in [-0.25, -0.2) is 4.39 Å². The van der Waals surface area contributed by atoms with Crippen LogP contribution in [0.5, 0.6) is 0 Å². The van der Waals surface area contributed by atoms with Gasteiger partial charge < -0.3 is 0 Å². The van der Waals surface area contributed by atoms with Crippen molar-refractivity contribution in [2.75, 3.05) is 0 Å². The van der Waals surface area contributed by atoms with Gasteiger partial charge in [0.1, 0.15) is 11.6 Å². The Kier molecular flexibility index (Phi) is 7.30. The third-order valence-electron chi connectivity index (χ3n) is 5.20. The van der Waals surface area contributed by atoms with Crippen LogP contribution < -0.4 is 0 Å². The second-order valence-electron chi connectivity index (χ2n) is 7.23. The van der Waals surface area contributed by atoms with Crippen LogP contribution in [0.1, 0.15) is 55.0 Å². The van der Waals surface area contributed by atoms with Gasteiger partial charge >= 0.3 is 0 Å². The van der Waals surface area contributed by atoms with E-state index in [-0.39, 0.29) is 22.8 Å². The number of nitrogens with zero attached hydrogens (tertiary/aromatic N) is 3. The summed E-state index contributed by atoms with van der Waals surface area (Å²) >= 11 is 1.55. The third kappa shape index (κ3) is 4.66. The quantitative estimate of drug-likeness (QED) is 0.399. The Morgan fingerprint density at radius 3 is 2.57 bits per heavy atom. The van der Waals surface area contributed by atoms with Crippen molar-refractivity contribution in [2.45, 2.75) is 55.9 Å². The van der Waals surface area contributed by atoms with E-state index in [2.05, 4.69) is 46.0 Å². The van der Waals surface area contributed by atoms with Gasteiger partial charge in [-0.2, -0.15) is 0 Å². The Labute approximate surface area is 180 Å². The van der Waals surface area contributed by atoms with E-state index >= 15 is 0 Å². The summed E-state index contributed by atoms with van der Waals surface area (Å²) in [6.07, 6.45) is 6.15. The minimum atomic E-state index is -0.167. The average Bonchev–Trinajstić information content (AvgIpc) is 3.12. The summed E-state index contributed by atoms with van der Waals surface area (Å²) in [6, 6.07) is 15.4. The predicted octanol–water partition coefficient (Wildman–Crippen LogP) is 6.63. The molecule has 0 atom stereocenters. The van der Waals surface area contributed by atoms with Gasteiger partial charge in [0.15, 0.2) is 5.16 Å². The molecule has 1 saturated carbocycles. The minimum absolute atomic E-state index is 0. The van der Waals surface area contributed by atoms with Gasteiger partial charge in [0.2, 0.25) is 0 Å². The van der Waals surface area contributed by atoms with E-state index in [1.54, 1.807) is 17.8 Å². The molecule has 148 valence electrons. The highest BCUT2D eigenvalue weighted by Crippen LogP contribution is 2.35. The molecular formula is C22H25BrFN3S. The summed E-state index contributed by atoms with van der Waals surface area (Å²) in [5.74, 6) is 1.88. The highest BCUT2D eigenvalue weighted by molar-refractivity contribution is 8.93. The summed E-state index contributed by atoms with van der Waals surface area (Å²) in [5.41, 5.74) is 3.00. The van der Waals surface area contributed by atoms with E-state index in [1.807, 2.05) is 12.1 Å². The molecule has 0 aliphatic heterocycles. The Morgan fingerprint density at radius 1 is 1.04 bits per heavy atom. The summed E-state index contributed by atoms with van der Waals surface area (Å²) in [5, 5.41) is 9.91. The normalized spacial score (nSPS) is 14.6. The maximum absolute atomic E-state index is 14.0. The van der Waals surface area contributed by atoms with Crippen molar-refractivity contribution in [1.82, 2.24) is 14.8 Å². The van der Waals surface area contributed by atoms with Crippen molar-refractivity contribution >= 4 is 28.7 Å². The standard InChI is InChI=1S/C22H24FN3S.BrH/c1-16-8-7-12-19(14-16)26-21(17-9-3-2-4-10-17)24-25-22(26)27-15-18-11-5-6-13-20(18)23;/h5-8,11-14,17H,2-4,9-10,15H2,1H3;1H. The van der Waals surface area contributed by atoms with Gasteiger partial charge in [0.25, 0.3) is 0 Å². The smallest absolute Gasteiger partial charge is 0.196 e. The van der Waals surface area contributed by atoms with E-state index < -0.39 is 0 Å². The molecule has 3 nitrogen and oxygen atoms in total. The lowest BCUT2D eigenvalue weighted by Gasteiger charge is -2.22. The molecule has 1 aliphatic carbocycles. The van der Waals surface area contributed by atoms with Crippen molar-refractivity contribution in [2.24, 2.45) is 0 Å². The number of hydrogen-bond acceptors (Lipinski definition) is 3. The number of hydrogen-bond donors (Lipinski definition) is 0. The molecular weight excluding hydrogens is 437 g/mol. The first-order chi connectivity index (χ1) is 13.2. The lowest BCUT2D eigenvalue weighted by atomic mass is 9.88. The Bertz CT molecular complexity index is 922. The van der Waals surface area contributed by atoms with Gasteiger partial charge in [-0.05, 0) is 49.1 Å². The first-order valence-corrected chi connectivity index (χ1v) is 10.6. The van der Waals surface area contributed by atoms with E-state index in [9.17, 15) is 4.39 Å². The van der Waals surface area contributed by atoms with E-state index in [0.717, 1.165) is 16.7 Å². The van der Waals surface area contributed by atoms with E-state index in [1.165, 1.54) is 43.7 Å². The first kappa shape index (κ1) is 21.1. The van der Waals surface area contributed by atoms with Crippen LogP contribution in [0.25, 0.3) is 5.69 Å². The highest BCUT2D eigenvalue weighted by atomic mass is 79.9. The fourth-order valence-electron chi connectivity index (χ4n) is 3.77. The van der Waals surface area contributed by atoms with Crippen LogP contribution in [-0.4, -0.2) is 14.8 Å². The monoisotopic (exact) mass is 461 g/mol. The fraction of sp³-hybridized carbons (Fsp3) is 0.364. The van der Waals surface area contributed by atoms with Crippen LogP contribution in [0.2, 0.25) is 0 Å². The molecule has 0 radical (unpaired) electrons. The number of aromatic nitrogens is 3. The van der Waals surface area contributed by atoms with Crippen LogP contribution in [0.15, 0.2) is 53.7 Å². The lowest BCUT2D eigenvalue weighted by Crippen LogP contribution is -2.12. The zero-order valence-corrected chi connectivity index (χ0v) is 18.5. The molecule has 1 aliphatic rings. The Balaban J connectivity index is 0.00000225. The molecule has 0 spiro atoms. The predicted molar refractivity (Wildman–Crippen MR) is 118 cm³/mol. The maximum Gasteiger partial charge on any atom is 0.196 e. The molecule has 0 N–H and O–H groups in total. The maximum atomic E-state index is 14.0. The Morgan fingerprint density at radius 2 is 1.82 bits per heavy atom. The molecule has 1 fully saturated rings. The largest absolute Gasteiger partial charge is 0.274 e. The first-order valence-electron chi connectivity index (χ1n) is 9.61. The Hall–Kier alpha value is -1.66. The molecule has 1 heterocycles. The van der Waals surface area contributed by atoms with Gasteiger partial charge in [-0.15, -0.1) is 27.2 Å². The van der Waals surface area contributed by atoms with Gasteiger partial charge in [0, 0.05) is 17.4 Å². The molecule has 1 aromatic heterocycles. The average molecular weight is 462 g/mol. The summed E-state index contributed by atoms with van der Waals surface area (Å²) in [7, 11) is 0. The minimum Gasteiger partial charge on any atom is -0.274 e. The van der Waals surface area contributed by atoms with Crippen LogP contribution in [-0.2, 0) is 5.75 Å². The van der Waals surface area contributed by atoms with Crippen LogP contribution in [0.3, 0.4) is 0 Å². The van der Waals surface area contributed by atoms with Crippen molar-refractivity contribution < 1.29 is 4.39 Å². The van der Waals surface area contributed by atoms with E-state index in [4.69, 9.17) is 0 Å². The second-order valence-corrected chi connectivity index (χ2v) is 8.17. The SMILES string of the molecule is Br.Cc1cccc(-n2c(SCc3ccccc3F)nnc2C2CCCCC2)c1. The molecule has 0 unspecified atom stereocenters. The molecule has 0 amide bonds. The fourth-order valence-corrected chi connectivity index (χ4v) is 4.71. The van der Waals surface area contributed by atoms with Gasteiger partial charge in [-0.1, -0.05) is 61.4 Å². The number of thioether (sulfide) groups is 1. The summed E-state index contributed by atoms with van der Waals surface area (Å²) in [4.78, 5) is 0. The summed E-state index contributed by atoms with van der Waals surface area (Å²) in [6.45, 7) is 2.10. The van der Waals surface area contributed by atoms with E-state index in [0.29, 0.717) is 17.2 Å². The highest BCUT2D eigenvalue weighted by Gasteiger charge is 2.24. The molecule has 28 heavy (non-hydrogen) atoms. The molecule has 0 bridgehead atoms. The second kappa shape index (κ2) is 9.70. The third-order valence-corrected chi connectivity index (χ3v) is 6.18. The topological polar surface area (TPSA) is 30.7 Å². The molecule has 6 heteroatoms. The number of rotatable bonds is 5. The summed E-state index contributed by atoms with van der Waals surface area (Å²) < 4.78 is 16.2. The van der Waals surface area contributed by atoms with Crippen molar-refractivity contribution in [3.63, 3.8) is 0 Å². The zero-order valence-electron chi connectivity index (χ0n) is 16.0. The van der Waals surface area contributed by atoms with Crippen molar-refractivity contribution in [3.8, 4) is 5.69 Å². The van der Waals surface area contributed by atoms with Crippen molar-refractivity contribution in [1.29, 1.82) is 0 Å². The molecule has 3 aromatic rings. The van der Waals surface area contributed by atoms with Gasteiger partial charge in [0.05, 0.1) is 0 Å². The van der Waals surface area contributed by atoms with Crippen LogP contribution >= 0.6 is 28.7 Å². The molecule has 4 rings (SSSR count). The molecule has 0 saturated heterocycles. The van der Waals surface area contributed by atoms with Gasteiger partial charge in [-0.3, -0.25) is 4.57 Å². The number of aryl methyl sites for hydroxylation is 1. The number of benzene rings is 2. The van der Waals surface area contributed by atoms with Crippen LogP contribution in [0, 0.1) is 12.7 Å². The molecule has 2 aromatic carbocycles. The lowest BCUT2D eigenvalue weighted by molar-refractivity contribution is 0.423. The van der Waals surface area contributed by atoms with Crippen LogP contribution in [0.4, 0.5) is 4.39 Å².